The van der Waals surface area contributed by atoms with Gasteiger partial charge in [0.05, 0.1) is 22.5 Å². The molecule has 0 bridgehead atoms. The van der Waals surface area contributed by atoms with E-state index in [9.17, 15) is 19.2 Å². The average Bonchev–Trinajstić information content (AvgIpc) is 3.64. The zero-order chi connectivity index (χ0) is 36.7. The SMILES string of the molecule is C.C=C1Cc2ccccc2N1C.CC.CC.CC.CN1C(=O)C(=O)c2ccccc21.O=C1Nc2ccccc2C1=O.[I][V]([I])[I].[I][V][I]. The first-order chi connectivity index (χ1) is 22.4. The van der Waals surface area contributed by atoms with E-state index < -0.39 is 23.4 Å². The van der Waals surface area contributed by atoms with Crippen LogP contribution >= 0.6 is 99.9 Å². The fourth-order valence-corrected chi connectivity index (χ4v) is 3.92. The van der Waals surface area contributed by atoms with Gasteiger partial charge in [0.25, 0.3) is 23.4 Å². The Hall–Kier alpha value is 0.299. The minimum absolute atomic E-state index is 0. The number of likely N-dealkylation sites (N-methyl/N-ethyl adjacent to an activating group) is 2. The molecule has 0 atom stereocenters. The van der Waals surface area contributed by atoms with Gasteiger partial charge in [-0.05, 0) is 35.9 Å². The van der Waals surface area contributed by atoms with Crippen LogP contribution in [0.1, 0.15) is 75.2 Å². The Labute approximate surface area is 354 Å². The predicted octanol–water partition coefficient (Wildman–Crippen LogP) is 12.0. The fourth-order valence-electron chi connectivity index (χ4n) is 3.92. The number of carbonyl (C=O) groups excluding carboxylic acids is 4. The second-order valence-corrected chi connectivity index (χ2v) is 55.4. The third-order valence-electron chi connectivity index (χ3n) is 5.86. The van der Waals surface area contributed by atoms with Crippen molar-refractivity contribution in [1.29, 1.82) is 0 Å². The van der Waals surface area contributed by atoms with Gasteiger partial charge in [0.2, 0.25) is 0 Å². The van der Waals surface area contributed by atoms with Crippen molar-refractivity contribution < 1.29 is 33.6 Å². The number of anilines is 3. The zero-order valence-corrected chi connectivity index (χ0v) is 41.2. The van der Waals surface area contributed by atoms with Crippen LogP contribution in [0.2, 0.25) is 0 Å². The van der Waals surface area contributed by atoms with Crippen LogP contribution in [-0.2, 0) is 30.4 Å². The molecule has 7 nitrogen and oxygen atoms in total. The van der Waals surface area contributed by atoms with Crippen LogP contribution in [0.15, 0.2) is 85.1 Å². The summed E-state index contributed by atoms with van der Waals surface area (Å²) in [5, 5.41) is 2.46. The first-order valence-electron chi connectivity index (χ1n) is 14.5. The fraction of sp³-hybridized carbons (Fsp3) is 0.294. The number of hydrogen-bond acceptors (Lipinski definition) is 5. The molecule has 6 rings (SSSR count). The molecule has 0 radical (unpaired) electrons. The number of benzene rings is 3. The van der Waals surface area contributed by atoms with Crippen molar-refractivity contribution >= 4 is 140 Å². The Kier molecular flexibility index (Phi) is 33.9. The van der Waals surface area contributed by atoms with Gasteiger partial charge in [0.1, 0.15) is 0 Å². The van der Waals surface area contributed by atoms with Crippen molar-refractivity contribution in [3.05, 3.63) is 102 Å². The second-order valence-electron chi connectivity index (χ2n) is 8.23. The summed E-state index contributed by atoms with van der Waals surface area (Å²) in [6, 6.07) is 22.3. The second kappa shape index (κ2) is 30.9. The van der Waals surface area contributed by atoms with E-state index in [4.69, 9.17) is 0 Å². The van der Waals surface area contributed by atoms with E-state index in [0.717, 1.165) is 6.42 Å². The van der Waals surface area contributed by atoms with Crippen LogP contribution in [-0.4, -0.2) is 37.5 Å². The molecule has 14 heteroatoms. The van der Waals surface area contributed by atoms with Gasteiger partial charge < -0.3 is 15.1 Å². The number of hydrogen-bond donors (Lipinski definition) is 1. The monoisotopic (exact) mass is 1300 g/mol. The van der Waals surface area contributed by atoms with E-state index in [1.807, 2.05) is 41.5 Å². The molecule has 3 aliphatic heterocycles. The van der Waals surface area contributed by atoms with Crippen LogP contribution in [0, 0.1) is 0 Å². The average molecular weight is 1300 g/mol. The third kappa shape index (κ3) is 17.7. The van der Waals surface area contributed by atoms with Gasteiger partial charge in [0.15, 0.2) is 0 Å². The van der Waals surface area contributed by atoms with Crippen molar-refractivity contribution in [2.45, 2.75) is 55.4 Å². The quantitative estimate of drug-likeness (QED) is 0.179. The maximum atomic E-state index is 11.2. The molecule has 0 spiro atoms. The zero-order valence-electron chi connectivity index (χ0n) is 27.7. The van der Waals surface area contributed by atoms with Crippen molar-refractivity contribution in [1.82, 2.24) is 0 Å². The predicted molar refractivity (Wildman–Crippen MR) is 242 cm³/mol. The molecule has 0 saturated heterocycles. The van der Waals surface area contributed by atoms with Gasteiger partial charge in [-0.2, -0.15) is 0 Å². The molecule has 3 heterocycles. The van der Waals surface area contributed by atoms with Crippen LogP contribution in [0.25, 0.3) is 0 Å². The normalized spacial score (nSPS) is 12.1. The van der Waals surface area contributed by atoms with E-state index in [2.05, 4.69) is 148 Å². The molecule has 3 aliphatic rings. The van der Waals surface area contributed by atoms with E-state index in [-0.39, 0.29) is 12.3 Å². The molecule has 0 fully saturated rings. The van der Waals surface area contributed by atoms with Crippen LogP contribution in [0.3, 0.4) is 0 Å². The number of Topliss-reactive ketones (excluding diaryl/α,β-unsaturated/α-hetero) is 2. The standard InChI is InChI=1S/C10H11N.C9H7NO2.C8H5NO2.3C2H6.CH4.5HI.2V/c1-8-7-9-5-3-4-6-10(9)11(8)2;1-10-7-5-3-2-4-6(7)8(11)9(10)12;10-7-5-3-1-2-4-6(5)9-8(7)11;3*1-2;;;;;;;;/h3-6H,1,7H2,2H3;2-5H,1H3;1-4H,(H,9,10,11);3*1-2H3;1H4;5*1H;;/q;;;;;;;;;;;;+2;+3/p-5. The van der Waals surface area contributed by atoms with Gasteiger partial charge in [-0.1, -0.05) is 98.0 Å². The molecule has 265 valence electrons. The van der Waals surface area contributed by atoms with E-state index in [0.29, 0.717) is 32.0 Å². The summed E-state index contributed by atoms with van der Waals surface area (Å²) >= 11 is 12.1. The van der Waals surface area contributed by atoms with Gasteiger partial charge in [0, 0.05) is 31.9 Å². The minimum atomic E-state index is -0.536. The molecule has 0 aromatic heterocycles. The number of amides is 2. The van der Waals surface area contributed by atoms with Crippen molar-refractivity contribution in [3.8, 4) is 0 Å². The number of nitrogens with zero attached hydrogens (tertiary/aromatic N) is 2. The number of nitrogens with one attached hydrogen (secondary N) is 1. The van der Waals surface area contributed by atoms with Crippen molar-refractivity contribution in [2.24, 2.45) is 0 Å². The Morgan fingerprint density at radius 1 is 0.688 bits per heavy atom. The van der Waals surface area contributed by atoms with Crippen LogP contribution in [0.4, 0.5) is 17.1 Å². The topological polar surface area (TPSA) is 86.8 Å². The molecule has 0 unspecified atom stereocenters. The van der Waals surface area contributed by atoms with Gasteiger partial charge in [-0.15, -0.1) is 0 Å². The third-order valence-corrected chi connectivity index (χ3v) is 5.86. The number of ketones is 2. The number of carbonyl (C=O) groups is 4. The summed E-state index contributed by atoms with van der Waals surface area (Å²) in [6.45, 7) is 16.0. The molecular formula is C34H45I5N3O4V2. The van der Waals surface area contributed by atoms with Crippen molar-refractivity contribution in [2.75, 3.05) is 29.2 Å². The summed E-state index contributed by atoms with van der Waals surface area (Å²) in [6.07, 6.45) is 1.01. The van der Waals surface area contributed by atoms with E-state index in [1.54, 1.807) is 55.6 Å². The Morgan fingerprint density at radius 3 is 1.56 bits per heavy atom. The Balaban J connectivity index is -0.000000534. The maximum absolute atomic E-state index is 11.2. The van der Waals surface area contributed by atoms with Crippen LogP contribution < -0.4 is 15.1 Å². The number of fused-ring (bicyclic) bond motifs is 3. The van der Waals surface area contributed by atoms with Crippen molar-refractivity contribution in [3.63, 3.8) is 0 Å². The molecule has 0 aliphatic carbocycles. The molecule has 3 aromatic rings. The summed E-state index contributed by atoms with van der Waals surface area (Å²) in [5.41, 5.74) is 6.17. The number of halogens is 5. The Morgan fingerprint density at radius 2 is 1.10 bits per heavy atom. The summed E-state index contributed by atoms with van der Waals surface area (Å²) in [7, 11) is 4.29. The van der Waals surface area contributed by atoms with E-state index in [1.165, 1.54) is 21.8 Å². The van der Waals surface area contributed by atoms with Gasteiger partial charge in [-0.3, -0.25) is 19.2 Å². The summed E-state index contributed by atoms with van der Waals surface area (Å²) < 4.78 is 0. The molecule has 48 heavy (non-hydrogen) atoms. The summed E-state index contributed by atoms with van der Waals surface area (Å²) in [5.74, 6) is -1.84. The van der Waals surface area contributed by atoms with E-state index >= 15 is 0 Å². The van der Waals surface area contributed by atoms with Gasteiger partial charge >= 0.3 is 114 Å². The number of para-hydroxylation sites is 3. The summed E-state index contributed by atoms with van der Waals surface area (Å²) in [4.78, 5) is 47.4. The molecule has 3 aromatic carbocycles. The molecule has 0 saturated carbocycles. The van der Waals surface area contributed by atoms with Crippen LogP contribution in [0.5, 0.6) is 0 Å². The first-order valence-corrected chi connectivity index (χ1v) is 37.0. The Bertz CT molecular complexity index is 1440. The molecule has 1 N–H and O–H groups in total. The number of allylic oxidation sites excluding steroid dienone is 1. The molecule has 2 amide bonds. The van der Waals surface area contributed by atoms with Gasteiger partial charge in [-0.25, -0.2) is 0 Å². The first kappa shape index (κ1) is 52.7. The number of rotatable bonds is 0. The molecular weight excluding hydrogens is 1250 g/mol.